The molecule has 0 radical (unpaired) electrons. The quantitative estimate of drug-likeness (QED) is 0.722. The molecule has 116 valence electrons. The first-order chi connectivity index (χ1) is 11.1. The van der Waals surface area contributed by atoms with E-state index >= 15 is 0 Å². The summed E-state index contributed by atoms with van der Waals surface area (Å²) in [7, 11) is 1.28. The summed E-state index contributed by atoms with van der Waals surface area (Å²) in [5, 5.41) is 10.5. The van der Waals surface area contributed by atoms with Gasteiger partial charge in [-0.1, -0.05) is 29.8 Å². The van der Waals surface area contributed by atoms with E-state index in [0.29, 0.717) is 21.7 Å². The number of anilines is 1. The number of fused-ring (bicyclic) bond motifs is 1. The van der Waals surface area contributed by atoms with Crippen LogP contribution in [0, 0.1) is 0 Å². The van der Waals surface area contributed by atoms with Gasteiger partial charge in [-0.05, 0) is 24.3 Å². The number of aromatic amines is 1. The van der Waals surface area contributed by atoms with Gasteiger partial charge in [0.15, 0.2) is 5.69 Å². The van der Waals surface area contributed by atoms with Gasteiger partial charge in [-0.15, -0.1) is 0 Å². The van der Waals surface area contributed by atoms with E-state index in [-0.39, 0.29) is 5.69 Å². The molecular weight excluding hydrogens is 318 g/mol. The van der Waals surface area contributed by atoms with Crippen LogP contribution in [0.1, 0.15) is 20.8 Å². The molecule has 2 aromatic carbocycles. The Morgan fingerprint density at radius 1 is 1.22 bits per heavy atom. The lowest BCUT2D eigenvalue weighted by Gasteiger charge is -2.08. The second-order valence-electron chi connectivity index (χ2n) is 4.76. The highest BCUT2D eigenvalue weighted by Crippen LogP contribution is 2.25. The molecule has 7 heteroatoms. The van der Waals surface area contributed by atoms with Gasteiger partial charge in [-0.25, -0.2) is 4.79 Å². The monoisotopic (exact) mass is 329 g/mol. The number of benzene rings is 2. The Kier molecular flexibility index (Phi) is 3.99. The number of hydrogen-bond donors (Lipinski definition) is 2. The topological polar surface area (TPSA) is 84.1 Å². The molecule has 1 aromatic heterocycles. The highest BCUT2D eigenvalue weighted by Gasteiger charge is 2.16. The molecule has 0 aliphatic carbocycles. The number of rotatable bonds is 3. The normalized spacial score (nSPS) is 10.5. The van der Waals surface area contributed by atoms with Crippen molar-refractivity contribution in [2.24, 2.45) is 0 Å². The second kappa shape index (κ2) is 6.10. The lowest BCUT2D eigenvalue weighted by Crippen LogP contribution is -2.14. The molecule has 0 saturated heterocycles. The van der Waals surface area contributed by atoms with Crippen molar-refractivity contribution in [3.63, 3.8) is 0 Å². The van der Waals surface area contributed by atoms with Gasteiger partial charge in [0.05, 0.1) is 28.9 Å². The van der Waals surface area contributed by atoms with Crippen LogP contribution in [-0.2, 0) is 4.74 Å². The Morgan fingerprint density at radius 3 is 2.78 bits per heavy atom. The van der Waals surface area contributed by atoms with Crippen molar-refractivity contribution in [2.45, 2.75) is 0 Å². The number of carbonyl (C=O) groups is 2. The van der Waals surface area contributed by atoms with Gasteiger partial charge in [0.2, 0.25) is 0 Å². The van der Waals surface area contributed by atoms with Gasteiger partial charge < -0.3 is 10.1 Å². The summed E-state index contributed by atoms with van der Waals surface area (Å²) in [5.74, 6) is -0.936. The fraction of sp³-hybridized carbons (Fsp3) is 0.0625. The lowest BCUT2D eigenvalue weighted by atomic mass is 10.1. The SMILES string of the molecule is COC(=O)c1ccc(Cl)c(NC(=O)c2n[nH]c3ccccc23)c1. The fourth-order valence-corrected chi connectivity index (χ4v) is 2.35. The van der Waals surface area contributed by atoms with Crippen LogP contribution < -0.4 is 5.32 Å². The summed E-state index contributed by atoms with van der Waals surface area (Å²) in [6, 6.07) is 11.8. The van der Waals surface area contributed by atoms with Gasteiger partial charge in [0, 0.05) is 5.39 Å². The third-order valence-corrected chi connectivity index (χ3v) is 3.65. The number of nitrogens with zero attached hydrogens (tertiary/aromatic N) is 1. The highest BCUT2D eigenvalue weighted by molar-refractivity contribution is 6.34. The number of amides is 1. The van der Waals surface area contributed by atoms with Gasteiger partial charge in [0.25, 0.3) is 5.91 Å². The minimum atomic E-state index is -0.512. The summed E-state index contributed by atoms with van der Waals surface area (Å²) >= 11 is 6.07. The molecule has 0 saturated carbocycles. The zero-order valence-electron chi connectivity index (χ0n) is 12.1. The van der Waals surface area contributed by atoms with Crippen molar-refractivity contribution >= 4 is 40.1 Å². The molecule has 0 atom stereocenters. The smallest absolute Gasteiger partial charge is 0.337 e. The lowest BCUT2D eigenvalue weighted by molar-refractivity contribution is 0.0600. The molecule has 0 aliphatic heterocycles. The predicted molar refractivity (Wildman–Crippen MR) is 86.8 cm³/mol. The van der Waals surface area contributed by atoms with Crippen molar-refractivity contribution < 1.29 is 14.3 Å². The third-order valence-electron chi connectivity index (χ3n) is 3.32. The average Bonchev–Trinajstić information content (AvgIpc) is 3.00. The summed E-state index contributed by atoms with van der Waals surface area (Å²) in [5.41, 5.74) is 1.61. The molecule has 0 aliphatic rings. The standard InChI is InChI=1S/C16H12ClN3O3/c1-23-16(22)9-6-7-11(17)13(8-9)18-15(21)14-10-4-2-3-5-12(10)19-20-14/h2-8H,1H3,(H,18,21)(H,19,20). The zero-order valence-corrected chi connectivity index (χ0v) is 12.8. The van der Waals surface area contributed by atoms with E-state index in [4.69, 9.17) is 11.6 Å². The largest absolute Gasteiger partial charge is 0.465 e. The summed E-state index contributed by atoms with van der Waals surface area (Å²) in [4.78, 5) is 24.0. The first kappa shape index (κ1) is 15.1. The van der Waals surface area contributed by atoms with E-state index < -0.39 is 11.9 Å². The van der Waals surface area contributed by atoms with Gasteiger partial charge in [0.1, 0.15) is 0 Å². The number of halogens is 1. The van der Waals surface area contributed by atoms with Gasteiger partial charge in [-0.2, -0.15) is 5.10 Å². The van der Waals surface area contributed by atoms with E-state index in [1.807, 2.05) is 18.2 Å². The highest BCUT2D eigenvalue weighted by atomic mass is 35.5. The number of H-pyrrole nitrogens is 1. The molecule has 3 rings (SSSR count). The van der Waals surface area contributed by atoms with Crippen molar-refractivity contribution in [1.82, 2.24) is 10.2 Å². The maximum atomic E-state index is 12.4. The first-order valence-electron chi connectivity index (χ1n) is 6.72. The number of methoxy groups -OCH3 is 1. The Bertz CT molecular complexity index is 904. The van der Waals surface area contributed by atoms with E-state index in [0.717, 1.165) is 5.52 Å². The molecule has 6 nitrogen and oxygen atoms in total. The molecule has 1 heterocycles. The van der Waals surface area contributed by atoms with Gasteiger partial charge in [-0.3, -0.25) is 9.89 Å². The zero-order chi connectivity index (χ0) is 16.4. The molecule has 0 unspecified atom stereocenters. The van der Waals surface area contributed by atoms with Crippen LogP contribution in [0.5, 0.6) is 0 Å². The first-order valence-corrected chi connectivity index (χ1v) is 7.10. The Morgan fingerprint density at radius 2 is 2.00 bits per heavy atom. The number of aromatic nitrogens is 2. The van der Waals surface area contributed by atoms with Crippen molar-refractivity contribution in [2.75, 3.05) is 12.4 Å². The number of hydrogen-bond acceptors (Lipinski definition) is 4. The van der Waals surface area contributed by atoms with Crippen LogP contribution in [-0.4, -0.2) is 29.2 Å². The summed E-state index contributed by atoms with van der Waals surface area (Å²) in [6.07, 6.45) is 0. The molecular formula is C16H12ClN3O3. The van der Waals surface area contributed by atoms with E-state index in [1.54, 1.807) is 6.07 Å². The fourth-order valence-electron chi connectivity index (χ4n) is 2.18. The molecule has 3 aromatic rings. The van der Waals surface area contributed by atoms with Crippen LogP contribution in [0.15, 0.2) is 42.5 Å². The maximum Gasteiger partial charge on any atom is 0.337 e. The van der Waals surface area contributed by atoms with Crippen molar-refractivity contribution in [3.05, 3.63) is 58.7 Å². The summed E-state index contributed by atoms with van der Waals surface area (Å²) in [6.45, 7) is 0. The molecule has 1 amide bonds. The van der Waals surface area contributed by atoms with Crippen LogP contribution in [0.3, 0.4) is 0 Å². The van der Waals surface area contributed by atoms with Crippen molar-refractivity contribution in [3.8, 4) is 0 Å². The number of carbonyl (C=O) groups excluding carboxylic acids is 2. The minimum absolute atomic E-state index is 0.250. The van der Waals surface area contributed by atoms with Crippen LogP contribution in [0.25, 0.3) is 10.9 Å². The number of nitrogens with one attached hydrogen (secondary N) is 2. The number of esters is 1. The summed E-state index contributed by atoms with van der Waals surface area (Å²) < 4.78 is 4.65. The van der Waals surface area contributed by atoms with Crippen LogP contribution >= 0.6 is 11.6 Å². The predicted octanol–water partition coefficient (Wildman–Crippen LogP) is 3.26. The molecule has 0 spiro atoms. The average molecular weight is 330 g/mol. The van der Waals surface area contributed by atoms with Crippen LogP contribution in [0.2, 0.25) is 5.02 Å². The molecule has 23 heavy (non-hydrogen) atoms. The number of para-hydroxylation sites is 1. The van der Waals surface area contributed by atoms with E-state index in [9.17, 15) is 9.59 Å². The van der Waals surface area contributed by atoms with Crippen LogP contribution in [0.4, 0.5) is 5.69 Å². The van der Waals surface area contributed by atoms with E-state index in [1.165, 1.54) is 25.3 Å². The second-order valence-corrected chi connectivity index (χ2v) is 5.17. The van der Waals surface area contributed by atoms with Gasteiger partial charge >= 0.3 is 5.97 Å². The van der Waals surface area contributed by atoms with Crippen molar-refractivity contribution in [1.29, 1.82) is 0 Å². The Labute approximate surface area is 136 Å². The maximum absolute atomic E-state index is 12.4. The minimum Gasteiger partial charge on any atom is -0.465 e. The number of ether oxygens (including phenoxy) is 1. The molecule has 0 fully saturated rings. The third kappa shape index (κ3) is 2.89. The molecule has 2 N–H and O–H groups in total. The molecule has 0 bridgehead atoms. The Balaban J connectivity index is 1.92. The Hall–Kier alpha value is -2.86. The van der Waals surface area contributed by atoms with E-state index in [2.05, 4.69) is 20.3 Å².